The van der Waals surface area contributed by atoms with E-state index < -0.39 is 0 Å². The van der Waals surface area contributed by atoms with Crippen LogP contribution in [0.5, 0.6) is 17.8 Å². The van der Waals surface area contributed by atoms with Crippen molar-refractivity contribution in [3.8, 4) is 17.8 Å². The largest absolute Gasteiger partial charge is 0.481 e. The van der Waals surface area contributed by atoms with E-state index in [1.165, 1.54) is 12.8 Å². The molecular weight excluding hydrogens is 258 g/mol. The molecule has 112 valence electrons. The van der Waals surface area contributed by atoms with Gasteiger partial charge >= 0.3 is 6.01 Å². The Bertz CT molecular complexity index is 409. The molecular formula is C14H23N3O3. The summed E-state index contributed by atoms with van der Waals surface area (Å²) in [6, 6.07) is 1.85. The van der Waals surface area contributed by atoms with Gasteiger partial charge < -0.3 is 19.9 Å². The Balaban J connectivity index is 2.02. The topological polar surface area (TPSA) is 79.5 Å². The van der Waals surface area contributed by atoms with Gasteiger partial charge in [-0.3, -0.25) is 0 Å². The molecule has 1 fully saturated rings. The molecule has 0 amide bonds. The molecule has 6 heteroatoms. The smallest absolute Gasteiger partial charge is 0.323 e. The van der Waals surface area contributed by atoms with Crippen molar-refractivity contribution in [3.63, 3.8) is 0 Å². The van der Waals surface area contributed by atoms with Crippen LogP contribution in [0.1, 0.15) is 38.5 Å². The molecule has 1 aromatic heterocycles. The van der Waals surface area contributed by atoms with Crippen molar-refractivity contribution in [3.05, 3.63) is 6.07 Å². The average molecular weight is 281 g/mol. The van der Waals surface area contributed by atoms with E-state index >= 15 is 0 Å². The van der Waals surface area contributed by atoms with Crippen molar-refractivity contribution in [2.75, 3.05) is 20.8 Å². The summed E-state index contributed by atoms with van der Waals surface area (Å²) in [6.45, 7) is 0.420. The number of aromatic nitrogens is 2. The highest BCUT2D eigenvalue weighted by Crippen LogP contribution is 2.26. The first-order valence-corrected chi connectivity index (χ1v) is 7.04. The summed E-state index contributed by atoms with van der Waals surface area (Å²) in [5, 5.41) is 0. The molecule has 1 aromatic rings. The summed E-state index contributed by atoms with van der Waals surface area (Å²) < 4.78 is 15.9. The molecule has 20 heavy (non-hydrogen) atoms. The fraction of sp³-hybridized carbons (Fsp3) is 0.714. The molecule has 0 spiro atoms. The normalized spacial score (nSPS) is 18.1. The number of rotatable bonds is 5. The first-order valence-electron chi connectivity index (χ1n) is 7.04. The third kappa shape index (κ3) is 3.96. The number of nitrogens with zero attached hydrogens (tertiary/aromatic N) is 2. The van der Waals surface area contributed by atoms with Gasteiger partial charge in [-0.15, -0.1) is 0 Å². The van der Waals surface area contributed by atoms with Gasteiger partial charge in [-0.1, -0.05) is 25.7 Å². The summed E-state index contributed by atoms with van der Waals surface area (Å²) in [7, 11) is 3.09. The van der Waals surface area contributed by atoms with E-state index in [4.69, 9.17) is 19.9 Å². The highest BCUT2D eigenvalue weighted by atomic mass is 16.5. The van der Waals surface area contributed by atoms with E-state index in [-0.39, 0.29) is 11.5 Å². The van der Waals surface area contributed by atoms with Crippen LogP contribution in [0.15, 0.2) is 6.07 Å². The predicted molar refractivity (Wildman–Crippen MR) is 75.3 cm³/mol. The lowest BCUT2D eigenvalue weighted by molar-refractivity contribution is 0.183. The minimum Gasteiger partial charge on any atom is -0.481 e. The fourth-order valence-corrected chi connectivity index (χ4v) is 2.44. The molecule has 2 rings (SSSR count). The molecule has 0 atom stereocenters. The van der Waals surface area contributed by atoms with Gasteiger partial charge in [0, 0.05) is 0 Å². The minimum absolute atomic E-state index is 0.246. The first-order chi connectivity index (χ1) is 9.65. The predicted octanol–water partition coefficient (Wildman–Crippen LogP) is 1.92. The van der Waals surface area contributed by atoms with Crippen molar-refractivity contribution in [2.45, 2.75) is 44.1 Å². The Morgan fingerprint density at radius 3 is 2.10 bits per heavy atom. The van der Waals surface area contributed by atoms with E-state index in [0.29, 0.717) is 18.4 Å². The van der Waals surface area contributed by atoms with Crippen LogP contribution in [-0.4, -0.2) is 36.3 Å². The zero-order chi connectivity index (χ0) is 14.4. The van der Waals surface area contributed by atoms with Crippen molar-refractivity contribution in [1.82, 2.24) is 9.97 Å². The number of hydrogen-bond donors (Lipinski definition) is 1. The lowest BCUT2D eigenvalue weighted by Crippen LogP contribution is -2.45. The Hall–Kier alpha value is -1.56. The molecule has 0 aromatic carbocycles. The molecule has 2 N–H and O–H groups in total. The Morgan fingerprint density at radius 2 is 1.60 bits per heavy atom. The van der Waals surface area contributed by atoms with Gasteiger partial charge in [0.25, 0.3) is 0 Å². The van der Waals surface area contributed by atoms with Gasteiger partial charge in [0.05, 0.1) is 25.8 Å². The number of methoxy groups -OCH3 is 2. The lowest BCUT2D eigenvalue weighted by atomic mass is 9.93. The summed E-state index contributed by atoms with van der Waals surface area (Å²) in [5.74, 6) is 0.831. The number of nitrogens with two attached hydrogens (primary N) is 1. The van der Waals surface area contributed by atoms with Gasteiger partial charge in [-0.2, -0.15) is 9.97 Å². The third-order valence-electron chi connectivity index (χ3n) is 3.66. The third-order valence-corrected chi connectivity index (χ3v) is 3.66. The Kier molecular flexibility index (Phi) is 5.00. The highest BCUT2D eigenvalue weighted by molar-refractivity contribution is 5.22. The molecule has 0 aliphatic heterocycles. The molecule has 1 heterocycles. The Morgan fingerprint density at radius 1 is 1.05 bits per heavy atom. The molecule has 1 saturated carbocycles. The molecule has 1 aliphatic rings. The quantitative estimate of drug-likeness (QED) is 0.831. The van der Waals surface area contributed by atoms with Gasteiger partial charge in [-0.05, 0) is 12.8 Å². The van der Waals surface area contributed by atoms with Gasteiger partial charge in [-0.25, -0.2) is 0 Å². The van der Waals surface area contributed by atoms with Crippen LogP contribution >= 0.6 is 0 Å². The highest BCUT2D eigenvalue weighted by Gasteiger charge is 2.27. The summed E-state index contributed by atoms with van der Waals surface area (Å²) in [4.78, 5) is 8.30. The average Bonchev–Trinajstić information content (AvgIpc) is 2.70. The van der Waals surface area contributed by atoms with E-state index in [9.17, 15) is 0 Å². The van der Waals surface area contributed by atoms with Crippen LogP contribution in [0.25, 0.3) is 0 Å². The van der Waals surface area contributed by atoms with Crippen LogP contribution in [0.2, 0.25) is 0 Å². The molecule has 1 aliphatic carbocycles. The van der Waals surface area contributed by atoms with Gasteiger partial charge in [0.2, 0.25) is 11.8 Å². The van der Waals surface area contributed by atoms with Gasteiger partial charge in [0.1, 0.15) is 6.61 Å². The molecule has 0 radical (unpaired) electrons. The SMILES string of the molecule is COc1cc(OC)nc(OCC2(N)CCCCCC2)n1. The molecule has 0 saturated heterocycles. The van der Waals surface area contributed by atoms with E-state index in [1.807, 2.05) is 0 Å². The first kappa shape index (κ1) is 14.8. The van der Waals surface area contributed by atoms with E-state index in [0.717, 1.165) is 25.7 Å². The molecule has 0 bridgehead atoms. The fourth-order valence-electron chi connectivity index (χ4n) is 2.44. The molecule has 0 unspecified atom stereocenters. The maximum absolute atomic E-state index is 6.40. The second-order valence-corrected chi connectivity index (χ2v) is 5.30. The summed E-state index contributed by atoms with van der Waals surface area (Å²) in [6.07, 6.45) is 6.78. The molecule has 6 nitrogen and oxygen atoms in total. The second-order valence-electron chi connectivity index (χ2n) is 5.30. The van der Waals surface area contributed by atoms with E-state index in [2.05, 4.69) is 9.97 Å². The zero-order valence-electron chi connectivity index (χ0n) is 12.2. The van der Waals surface area contributed by atoms with Crippen LogP contribution in [0.3, 0.4) is 0 Å². The van der Waals surface area contributed by atoms with Crippen LogP contribution in [0, 0.1) is 0 Å². The zero-order valence-corrected chi connectivity index (χ0v) is 12.2. The summed E-state index contributed by atoms with van der Waals surface area (Å²) in [5.41, 5.74) is 6.12. The minimum atomic E-state index is -0.282. The number of ether oxygens (including phenoxy) is 3. The van der Waals surface area contributed by atoms with E-state index in [1.54, 1.807) is 20.3 Å². The van der Waals surface area contributed by atoms with Crippen molar-refractivity contribution >= 4 is 0 Å². The van der Waals surface area contributed by atoms with Crippen molar-refractivity contribution in [1.29, 1.82) is 0 Å². The number of hydrogen-bond acceptors (Lipinski definition) is 6. The summed E-state index contributed by atoms with van der Waals surface area (Å²) >= 11 is 0. The standard InChI is InChI=1S/C14H23N3O3/c1-18-11-9-12(19-2)17-13(16-11)20-10-14(15)7-5-3-4-6-8-14/h9H,3-8,10,15H2,1-2H3. The van der Waals surface area contributed by atoms with Crippen molar-refractivity contribution in [2.24, 2.45) is 5.73 Å². The van der Waals surface area contributed by atoms with Gasteiger partial charge in [0.15, 0.2) is 0 Å². The monoisotopic (exact) mass is 281 g/mol. The Labute approximate surface area is 119 Å². The van der Waals surface area contributed by atoms with Crippen molar-refractivity contribution < 1.29 is 14.2 Å². The van der Waals surface area contributed by atoms with Crippen LogP contribution < -0.4 is 19.9 Å². The van der Waals surface area contributed by atoms with Crippen LogP contribution in [-0.2, 0) is 0 Å². The van der Waals surface area contributed by atoms with Crippen LogP contribution in [0.4, 0.5) is 0 Å². The lowest BCUT2D eigenvalue weighted by Gasteiger charge is -2.27. The second kappa shape index (κ2) is 6.74. The maximum atomic E-state index is 6.40. The maximum Gasteiger partial charge on any atom is 0.323 e.